The lowest BCUT2D eigenvalue weighted by atomic mass is 10.1. The summed E-state index contributed by atoms with van der Waals surface area (Å²) in [6.45, 7) is 1.76. The molecule has 0 aromatic heterocycles. The van der Waals surface area contributed by atoms with Gasteiger partial charge in [-0.05, 0) is 41.8 Å². The van der Waals surface area contributed by atoms with Crippen molar-refractivity contribution in [2.45, 2.75) is 6.92 Å². The standard InChI is InChI=1S/C16H15FO/c1-12-3-4-14(11-16(12)17)6-5-13-7-9-15(18-2)10-8-13/h3-11H,1-2H3. The molecule has 18 heavy (non-hydrogen) atoms. The van der Waals surface area contributed by atoms with E-state index in [0.717, 1.165) is 16.9 Å². The van der Waals surface area contributed by atoms with Crippen molar-refractivity contribution < 1.29 is 9.13 Å². The Morgan fingerprint density at radius 2 is 1.56 bits per heavy atom. The van der Waals surface area contributed by atoms with Crippen LogP contribution in [0.1, 0.15) is 16.7 Å². The van der Waals surface area contributed by atoms with Gasteiger partial charge in [-0.1, -0.05) is 36.4 Å². The molecule has 0 heterocycles. The van der Waals surface area contributed by atoms with E-state index in [4.69, 9.17) is 4.74 Å². The Balaban J connectivity index is 2.16. The molecule has 1 nitrogen and oxygen atoms in total. The zero-order chi connectivity index (χ0) is 13.0. The molecule has 0 unspecified atom stereocenters. The topological polar surface area (TPSA) is 9.23 Å². The number of aryl methyl sites for hydroxylation is 1. The maximum absolute atomic E-state index is 13.4. The van der Waals surface area contributed by atoms with E-state index in [2.05, 4.69) is 0 Å². The number of hydrogen-bond donors (Lipinski definition) is 0. The first-order valence-corrected chi connectivity index (χ1v) is 5.77. The predicted octanol–water partition coefficient (Wildman–Crippen LogP) is 4.31. The highest BCUT2D eigenvalue weighted by atomic mass is 19.1. The van der Waals surface area contributed by atoms with Crippen molar-refractivity contribution in [3.63, 3.8) is 0 Å². The van der Waals surface area contributed by atoms with Crippen molar-refractivity contribution in [3.05, 3.63) is 65.0 Å². The van der Waals surface area contributed by atoms with Gasteiger partial charge in [-0.15, -0.1) is 0 Å². The van der Waals surface area contributed by atoms with Crippen molar-refractivity contribution in [3.8, 4) is 5.75 Å². The highest BCUT2D eigenvalue weighted by Gasteiger charge is 1.96. The van der Waals surface area contributed by atoms with Gasteiger partial charge in [0.25, 0.3) is 0 Å². The van der Waals surface area contributed by atoms with E-state index < -0.39 is 0 Å². The third-order valence-electron chi connectivity index (χ3n) is 2.78. The monoisotopic (exact) mass is 242 g/mol. The van der Waals surface area contributed by atoms with Crippen LogP contribution in [0, 0.1) is 12.7 Å². The van der Waals surface area contributed by atoms with E-state index >= 15 is 0 Å². The van der Waals surface area contributed by atoms with Crippen LogP contribution in [-0.2, 0) is 0 Å². The molecule has 0 N–H and O–H groups in total. The zero-order valence-corrected chi connectivity index (χ0v) is 10.5. The maximum Gasteiger partial charge on any atom is 0.126 e. The quantitative estimate of drug-likeness (QED) is 0.728. The molecule has 92 valence electrons. The summed E-state index contributed by atoms with van der Waals surface area (Å²) in [5.41, 5.74) is 2.57. The van der Waals surface area contributed by atoms with Gasteiger partial charge in [0.1, 0.15) is 11.6 Å². The first-order chi connectivity index (χ1) is 8.69. The summed E-state index contributed by atoms with van der Waals surface area (Å²) >= 11 is 0. The highest BCUT2D eigenvalue weighted by Crippen LogP contribution is 2.15. The fourth-order valence-electron chi connectivity index (χ4n) is 1.62. The average molecular weight is 242 g/mol. The van der Waals surface area contributed by atoms with Gasteiger partial charge in [-0.25, -0.2) is 4.39 Å². The molecule has 0 aliphatic carbocycles. The van der Waals surface area contributed by atoms with Crippen LogP contribution in [0.15, 0.2) is 42.5 Å². The first kappa shape index (κ1) is 12.4. The normalized spacial score (nSPS) is 10.8. The highest BCUT2D eigenvalue weighted by molar-refractivity contribution is 5.69. The summed E-state index contributed by atoms with van der Waals surface area (Å²) in [7, 11) is 1.64. The lowest BCUT2D eigenvalue weighted by Crippen LogP contribution is -1.83. The van der Waals surface area contributed by atoms with Crippen LogP contribution >= 0.6 is 0 Å². The van der Waals surface area contributed by atoms with Crippen LogP contribution in [0.3, 0.4) is 0 Å². The summed E-state index contributed by atoms with van der Waals surface area (Å²) < 4.78 is 18.4. The molecule has 0 radical (unpaired) electrons. The number of halogens is 1. The van der Waals surface area contributed by atoms with Gasteiger partial charge in [0.15, 0.2) is 0 Å². The number of methoxy groups -OCH3 is 1. The van der Waals surface area contributed by atoms with E-state index in [0.29, 0.717) is 5.56 Å². The van der Waals surface area contributed by atoms with Crippen molar-refractivity contribution >= 4 is 12.2 Å². The second-order valence-corrected chi connectivity index (χ2v) is 4.12. The number of benzene rings is 2. The number of hydrogen-bond acceptors (Lipinski definition) is 1. The van der Waals surface area contributed by atoms with Crippen LogP contribution in [-0.4, -0.2) is 7.11 Å². The fourth-order valence-corrected chi connectivity index (χ4v) is 1.62. The van der Waals surface area contributed by atoms with E-state index in [9.17, 15) is 4.39 Å². The summed E-state index contributed by atoms with van der Waals surface area (Å²) in [4.78, 5) is 0. The largest absolute Gasteiger partial charge is 0.497 e. The molecule has 0 aliphatic heterocycles. The summed E-state index contributed by atoms with van der Waals surface area (Å²) in [5, 5.41) is 0. The molecule has 0 amide bonds. The fraction of sp³-hybridized carbons (Fsp3) is 0.125. The van der Waals surface area contributed by atoms with E-state index in [1.807, 2.05) is 42.5 Å². The molecule has 0 spiro atoms. The molecule has 2 rings (SSSR count). The van der Waals surface area contributed by atoms with E-state index in [1.165, 1.54) is 6.07 Å². The van der Waals surface area contributed by atoms with Crippen LogP contribution < -0.4 is 4.74 Å². The maximum atomic E-state index is 13.4. The van der Waals surface area contributed by atoms with Gasteiger partial charge in [-0.3, -0.25) is 0 Å². The Hall–Kier alpha value is -2.09. The average Bonchev–Trinajstić information content (AvgIpc) is 2.41. The Labute approximate surface area is 107 Å². The van der Waals surface area contributed by atoms with Crippen molar-refractivity contribution in [1.82, 2.24) is 0 Å². The second kappa shape index (κ2) is 5.50. The summed E-state index contributed by atoms with van der Waals surface area (Å²) in [6, 6.07) is 12.9. The van der Waals surface area contributed by atoms with Crippen molar-refractivity contribution in [2.24, 2.45) is 0 Å². The Kier molecular flexibility index (Phi) is 3.78. The SMILES string of the molecule is COc1ccc(C=Cc2ccc(C)c(F)c2)cc1. The van der Waals surface area contributed by atoms with E-state index in [1.54, 1.807) is 20.1 Å². The molecule has 0 saturated carbocycles. The molecule has 0 atom stereocenters. The minimum absolute atomic E-state index is 0.174. The molecule has 0 fully saturated rings. The molecule has 0 aliphatic rings. The molecule has 2 aromatic rings. The minimum atomic E-state index is -0.174. The van der Waals surface area contributed by atoms with Gasteiger partial charge in [0.2, 0.25) is 0 Å². The summed E-state index contributed by atoms with van der Waals surface area (Å²) in [6.07, 6.45) is 3.84. The van der Waals surface area contributed by atoms with Crippen LogP contribution in [0.25, 0.3) is 12.2 Å². The van der Waals surface area contributed by atoms with E-state index in [-0.39, 0.29) is 5.82 Å². The molecular formula is C16H15FO. The Morgan fingerprint density at radius 1 is 0.944 bits per heavy atom. The molecule has 2 aromatic carbocycles. The lowest BCUT2D eigenvalue weighted by molar-refractivity contribution is 0.415. The van der Waals surface area contributed by atoms with Crippen LogP contribution in [0.2, 0.25) is 0 Å². The Morgan fingerprint density at radius 3 is 2.17 bits per heavy atom. The Bertz CT molecular complexity index is 556. The molecule has 0 saturated heterocycles. The first-order valence-electron chi connectivity index (χ1n) is 5.77. The smallest absolute Gasteiger partial charge is 0.126 e. The number of rotatable bonds is 3. The van der Waals surface area contributed by atoms with Crippen LogP contribution in [0.5, 0.6) is 5.75 Å². The molecule has 2 heteroatoms. The van der Waals surface area contributed by atoms with Gasteiger partial charge in [0.05, 0.1) is 7.11 Å². The van der Waals surface area contributed by atoms with Crippen molar-refractivity contribution in [1.29, 1.82) is 0 Å². The lowest BCUT2D eigenvalue weighted by Gasteiger charge is -2.00. The molecule has 0 bridgehead atoms. The van der Waals surface area contributed by atoms with Gasteiger partial charge in [-0.2, -0.15) is 0 Å². The number of ether oxygens (including phenoxy) is 1. The molecular weight excluding hydrogens is 227 g/mol. The minimum Gasteiger partial charge on any atom is -0.497 e. The zero-order valence-electron chi connectivity index (χ0n) is 10.5. The van der Waals surface area contributed by atoms with Gasteiger partial charge >= 0.3 is 0 Å². The summed E-state index contributed by atoms with van der Waals surface area (Å²) in [5.74, 6) is 0.653. The van der Waals surface area contributed by atoms with Crippen molar-refractivity contribution in [2.75, 3.05) is 7.11 Å². The third kappa shape index (κ3) is 2.98. The van der Waals surface area contributed by atoms with Gasteiger partial charge in [0, 0.05) is 0 Å². The second-order valence-electron chi connectivity index (χ2n) is 4.12. The van der Waals surface area contributed by atoms with Gasteiger partial charge < -0.3 is 4.74 Å². The third-order valence-corrected chi connectivity index (χ3v) is 2.78. The van der Waals surface area contributed by atoms with Crippen LogP contribution in [0.4, 0.5) is 4.39 Å². The predicted molar refractivity (Wildman–Crippen MR) is 73.1 cm³/mol.